The molecular weight excluding hydrogens is 164 g/mol. The summed E-state index contributed by atoms with van der Waals surface area (Å²) in [6.07, 6.45) is 0. The molecule has 3 N–H and O–H groups in total. The molecule has 0 unspecified atom stereocenters. The zero-order valence-electron chi connectivity index (χ0n) is 7.66. The van der Waals surface area contributed by atoms with Crippen molar-refractivity contribution in [2.75, 3.05) is 6.54 Å². The fourth-order valence-electron chi connectivity index (χ4n) is 1.07. The lowest BCUT2D eigenvalue weighted by molar-refractivity contribution is -0.119. The van der Waals surface area contributed by atoms with Crippen LogP contribution in [0, 0.1) is 0 Å². The third-order valence-corrected chi connectivity index (χ3v) is 1.80. The van der Waals surface area contributed by atoms with Gasteiger partial charge >= 0.3 is 0 Å². The number of carbonyl (C=O) groups is 1. The van der Waals surface area contributed by atoms with Crippen LogP contribution in [-0.4, -0.2) is 12.5 Å². The first-order valence-electron chi connectivity index (χ1n) is 4.25. The lowest BCUT2D eigenvalue weighted by atomic mass is 10.1. The highest BCUT2D eigenvalue weighted by molar-refractivity contribution is 5.72. The minimum Gasteiger partial charge on any atom is -0.354 e. The molecule has 0 aliphatic heterocycles. The molecule has 13 heavy (non-hydrogen) atoms. The van der Waals surface area contributed by atoms with Gasteiger partial charge in [-0.2, -0.15) is 0 Å². The van der Waals surface area contributed by atoms with E-state index in [1.807, 2.05) is 30.3 Å². The van der Waals surface area contributed by atoms with E-state index in [4.69, 9.17) is 5.73 Å². The van der Waals surface area contributed by atoms with Crippen molar-refractivity contribution in [3.63, 3.8) is 0 Å². The number of rotatable bonds is 3. The van der Waals surface area contributed by atoms with Gasteiger partial charge in [-0.3, -0.25) is 4.79 Å². The maximum atomic E-state index is 10.6. The van der Waals surface area contributed by atoms with Crippen LogP contribution in [0.25, 0.3) is 0 Å². The van der Waals surface area contributed by atoms with Crippen molar-refractivity contribution in [2.24, 2.45) is 5.73 Å². The summed E-state index contributed by atoms with van der Waals surface area (Å²) in [4.78, 5) is 10.6. The van der Waals surface area contributed by atoms with Crippen molar-refractivity contribution in [1.29, 1.82) is 0 Å². The molecule has 0 radical (unpaired) electrons. The van der Waals surface area contributed by atoms with Crippen molar-refractivity contribution < 1.29 is 4.79 Å². The quantitative estimate of drug-likeness (QED) is 0.720. The molecule has 0 aliphatic rings. The fraction of sp³-hybridized carbons (Fsp3) is 0.300. The Balaban J connectivity index is 2.49. The average molecular weight is 178 g/mol. The Morgan fingerprint density at radius 1 is 1.46 bits per heavy atom. The van der Waals surface area contributed by atoms with Gasteiger partial charge in [0.05, 0.1) is 0 Å². The number of carbonyl (C=O) groups excluding carboxylic acids is 1. The molecule has 0 saturated heterocycles. The topological polar surface area (TPSA) is 55.1 Å². The molecule has 0 spiro atoms. The smallest absolute Gasteiger partial charge is 0.216 e. The van der Waals surface area contributed by atoms with Gasteiger partial charge in [-0.25, -0.2) is 0 Å². The van der Waals surface area contributed by atoms with E-state index >= 15 is 0 Å². The predicted molar refractivity (Wildman–Crippen MR) is 52.1 cm³/mol. The first kappa shape index (κ1) is 9.74. The van der Waals surface area contributed by atoms with Crippen molar-refractivity contribution in [1.82, 2.24) is 5.32 Å². The highest BCUT2D eigenvalue weighted by atomic mass is 16.1. The second-order valence-corrected chi connectivity index (χ2v) is 2.95. The molecule has 1 aromatic carbocycles. The van der Waals surface area contributed by atoms with E-state index in [9.17, 15) is 4.79 Å². The highest BCUT2D eigenvalue weighted by Crippen LogP contribution is 2.07. The Bertz CT molecular complexity index is 272. The van der Waals surface area contributed by atoms with Crippen molar-refractivity contribution in [2.45, 2.75) is 13.0 Å². The third-order valence-electron chi connectivity index (χ3n) is 1.80. The second kappa shape index (κ2) is 4.62. The van der Waals surface area contributed by atoms with Crippen LogP contribution in [0.15, 0.2) is 30.3 Å². The van der Waals surface area contributed by atoms with Crippen molar-refractivity contribution in [3.05, 3.63) is 35.9 Å². The summed E-state index contributed by atoms with van der Waals surface area (Å²) >= 11 is 0. The van der Waals surface area contributed by atoms with Crippen LogP contribution in [0.3, 0.4) is 0 Å². The summed E-state index contributed by atoms with van der Waals surface area (Å²) in [5.41, 5.74) is 6.87. The van der Waals surface area contributed by atoms with Gasteiger partial charge in [0.25, 0.3) is 0 Å². The molecule has 0 saturated carbocycles. The summed E-state index contributed by atoms with van der Waals surface area (Å²) in [6.45, 7) is 1.97. The SMILES string of the molecule is CC(=O)NC[C@@H](N)c1ccccc1. The lowest BCUT2D eigenvalue weighted by Gasteiger charge is -2.11. The molecule has 1 rings (SSSR count). The van der Waals surface area contributed by atoms with Gasteiger partial charge in [0.15, 0.2) is 0 Å². The molecule has 0 bridgehead atoms. The standard InChI is InChI=1S/C10H14N2O/c1-8(13)12-7-10(11)9-5-3-2-4-6-9/h2-6,10H,7,11H2,1H3,(H,12,13)/t10-/m1/s1. The van der Waals surface area contributed by atoms with Crippen LogP contribution in [0.2, 0.25) is 0 Å². The predicted octanol–water partition coefficient (Wildman–Crippen LogP) is 0.822. The van der Waals surface area contributed by atoms with Gasteiger partial charge in [-0.05, 0) is 5.56 Å². The molecule has 1 amide bonds. The molecule has 3 heteroatoms. The van der Waals surface area contributed by atoms with E-state index in [0.717, 1.165) is 5.56 Å². The van der Waals surface area contributed by atoms with E-state index in [1.165, 1.54) is 6.92 Å². The Labute approximate surface area is 77.9 Å². The van der Waals surface area contributed by atoms with Gasteiger partial charge in [0.2, 0.25) is 5.91 Å². The minimum absolute atomic E-state index is 0.0496. The summed E-state index contributed by atoms with van der Waals surface area (Å²) < 4.78 is 0. The molecule has 3 nitrogen and oxygen atoms in total. The fourth-order valence-corrected chi connectivity index (χ4v) is 1.07. The summed E-state index contributed by atoms with van der Waals surface area (Å²) in [7, 11) is 0. The number of hydrogen-bond acceptors (Lipinski definition) is 2. The van der Waals surface area contributed by atoms with Crippen LogP contribution >= 0.6 is 0 Å². The zero-order valence-corrected chi connectivity index (χ0v) is 7.66. The van der Waals surface area contributed by atoms with Gasteiger partial charge in [0.1, 0.15) is 0 Å². The molecule has 1 aromatic rings. The molecule has 70 valence electrons. The van der Waals surface area contributed by atoms with Crippen LogP contribution in [0.1, 0.15) is 18.5 Å². The van der Waals surface area contributed by atoms with Crippen molar-refractivity contribution in [3.8, 4) is 0 Å². The minimum atomic E-state index is -0.120. The maximum Gasteiger partial charge on any atom is 0.216 e. The Morgan fingerprint density at radius 2 is 2.08 bits per heavy atom. The lowest BCUT2D eigenvalue weighted by Crippen LogP contribution is -2.30. The number of nitrogens with two attached hydrogens (primary N) is 1. The monoisotopic (exact) mass is 178 g/mol. The zero-order chi connectivity index (χ0) is 9.68. The summed E-state index contributed by atoms with van der Waals surface area (Å²) in [5, 5.41) is 2.68. The van der Waals surface area contributed by atoms with Gasteiger partial charge in [-0.15, -0.1) is 0 Å². The molecule has 0 fully saturated rings. The van der Waals surface area contributed by atoms with E-state index < -0.39 is 0 Å². The summed E-state index contributed by atoms with van der Waals surface area (Å²) in [6, 6.07) is 9.59. The molecule has 0 aliphatic carbocycles. The Hall–Kier alpha value is -1.35. The average Bonchev–Trinajstić information content (AvgIpc) is 2.15. The third kappa shape index (κ3) is 3.25. The van der Waals surface area contributed by atoms with Crippen LogP contribution in [0.5, 0.6) is 0 Å². The van der Waals surface area contributed by atoms with Crippen LogP contribution in [0.4, 0.5) is 0 Å². The molecule has 0 heterocycles. The Morgan fingerprint density at radius 3 is 2.62 bits per heavy atom. The van der Waals surface area contributed by atoms with E-state index in [2.05, 4.69) is 5.32 Å². The molecule has 1 atom stereocenters. The number of hydrogen-bond donors (Lipinski definition) is 2. The van der Waals surface area contributed by atoms with Gasteiger partial charge < -0.3 is 11.1 Å². The number of amides is 1. The molecular formula is C10H14N2O. The highest BCUT2D eigenvalue weighted by Gasteiger charge is 2.04. The maximum absolute atomic E-state index is 10.6. The normalized spacial score (nSPS) is 12.2. The van der Waals surface area contributed by atoms with E-state index in [-0.39, 0.29) is 11.9 Å². The van der Waals surface area contributed by atoms with Crippen LogP contribution < -0.4 is 11.1 Å². The first-order valence-corrected chi connectivity index (χ1v) is 4.25. The van der Waals surface area contributed by atoms with Gasteiger partial charge in [0, 0.05) is 19.5 Å². The van der Waals surface area contributed by atoms with Crippen molar-refractivity contribution >= 4 is 5.91 Å². The largest absolute Gasteiger partial charge is 0.354 e. The van der Waals surface area contributed by atoms with Gasteiger partial charge in [-0.1, -0.05) is 30.3 Å². The number of nitrogens with one attached hydrogen (secondary N) is 1. The van der Waals surface area contributed by atoms with E-state index in [0.29, 0.717) is 6.54 Å². The van der Waals surface area contributed by atoms with E-state index in [1.54, 1.807) is 0 Å². The summed E-state index contributed by atoms with van der Waals surface area (Å²) in [5.74, 6) is -0.0496. The first-order chi connectivity index (χ1) is 6.20. The number of benzene rings is 1. The molecule has 0 aromatic heterocycles. The van der Waals surface area contributed by atoms with Crippen LogP contribution in [-0.2, 0) is 4.79 Å². The second-order valence-electron chi connectivity index (χ2n) is 2.95. The Kier molecular flexibility index (Phi) is 3.46.